The molecule has 2 aromatic rings. The number of hydrogen-bond acceptors (Lipinski definition) is 7. The summed E-state index contributed by atoms with van der Waals surface area (Å²) in [5, 5.41) is 9.74. The molecule has 0 saturated carbocycles. The molecule has 1 aliphatic heterocycles. The second kappa shape index (κ2) is 7.36. The molecule has 3 rings (SSSR count). The molecule has 0 radical (unpaired) electrons. The number of rotatable bonds is 7. The fourth-order valence-electron chi connectivity index (χ4n) is 2.91. The zero-order valence-corrected chi connectivity index (χ0v) is 15.8. The summed E-state index contributed by atoms with van der Waals surface area (Å²) in [6, 6.07) is 6.69. The maximum Gasteiger partial charge on any atom is 0.325 e. The average Bonchev–Trinajstić information content (AvgIpc) is 3.20. The Morgan fingerprint density at radius 2 is 2.04 bits per heavy atom. The van der Waals surface area contributed by atoms with Crippen LogP contribution in [0.2, 0.25) is 0 Å². The number of amides is 3. The number of ether oxygens (including phenoxy) is 1. The third-order valence-corrected chi connectivity index (χ3v) is 4.73. The molecule has 2 heterocycles. The van der Waals surface area contributed by atoms with Crippen molar-refractivity contribution < 1.29 is 18.8 Å². The number of aromatic nitrogens is 2. The van der Waals surface area contributed by atoms with Crippen molar-refractivity contribution in [3.63, 3.8) is 0 Å². The molecule has 1 aromatic carbocycles. The first-order chi connectivity index (χ1) is 12.9. The second-order valence-corrected chi connectivity index (χ2v) is 6.67. The van der Waals surface area contributed by atoms with Gasteiger partial charge in [-0.2, -0.15) is 4.98 Å². The summed E-state index contributed by atoms with van der Waals surface area (Å²) in [4.78, 5) is 30.7. The number of nitrogens with one attached hydrogen (secondary N) is 2. The van der Waals surface area contributed by atoms with Crippen molar-refractivity contribution in [3.05, 3.63) is 41.5 Å². The van der Waals surface area contributed by atoms with E-state index >= 15 is 0 Å². The minimum absolute atomic E-state index is 0.0721. The van der Waals surface area contributed by atoms with Gasteiger partial charge < -0.3 is 19.9 Å². The van der Waals surface area contributed by atoms with Gasteiger partial charge in [-0.05, 0) is 38.6 Å². The molecule has 2 atom stereocenters. The van der Waals surface area contributed by atoms with E-state index < -0.39 is 11.6 Å². The average molecular weight is 373 g/mol. The van der Waals surface area contributed by atoms with Gasteiger partial charge in [0.05, 0.1) is 7.11 Å². The van der Waals surface area contributed by atoms with Crippen molar-refractivity contribution in [2.75, 3.05) is 14.2 Å². The molecule has 1 aliphatic rings. The predicted molar refractivity (Wildman–Crippen MR) is 96.0 cm³/mol. The summed E-state index contributed by atoms with van der Waals surface area (Å²) in [6.07, 6.45) is 0.587. The number of hydrogen-bond donors (Lipinski definition) is 2. The van der Waals surface area contributed by atoms with Crippen LogP contribution in [-0.4, -0.2) is 47.2 Å². The van der Waals surface area contributed by atoms with Gasteiger partial charge in [-0.1, -0.05) is 17.3 Å². The van der Waals surface area contributed by atoms with Crippen molar-refractivity contribution in [1.82, 2.24) is 25.7 Å². The smallest absolute Gasteiger partial charge is 0.325 e. The maximum atomic E-state index is 12.9. The van der Waals surface area contributed by atoms with Crippen LogP contribution in [0, 0.1) is 0 Å². The molecule has 9 heteroatoms. The largest absolute Gasteiger partial charge is 0.497 e. The van der Waals surface area contributed by atoms with Crippen LogP contribution in [0.3, 0.4) is 0 Å². The standard InChI is InChI=1S/C18H23N5O4/c1-11(19-3)9-14-20-15(27-22-14)10-23-16(24)18(2,21-17(23)25)12-5-7-13(26-4)8-6-12/h5-8,11,19H,9-10H2,1-4H3,(H,21,25). The highest BCUT2D eigenvalue weighted by Gasteiger charge is 2.49. The highest BCUT2D eigenvalue weighted by atomic mass is 16.5. The fraction of sp³-hybridized carbons (Fsp3) is 0.444. The van der Waals surface area contributed by atoms with Gasteiger partial charge in [0.2, 0.25) is 5.89 Å². The quantitative estimate of drug-likeness (QED) is 0.702. The number of likely N-dealkylation sites (N-methyl/N-ethyl adjacent to an activating group) is 1. The Hall–Kier alpha value is -2.94. The number of imide groups is 1. The number of carbonyl (C=O) groups excluding carboxylic acids is 2. The highest BCUT2D eigenvalue weighted by molar-refractivity contribution is 6.07. The first-order valence-electron chi connectivity index (χ1n) is 8.64. The van der Waals surface area contributed by atoms with E-state index in [1.54, 1.807) is 38.3 Å². The summed E-state index contributed by atoms with van der Waals surface area (Å²) in [5.41, 5.74) is -0.495. The van der Waals surface area contributed by atoms with E-state index in [0.29, 0.717) is 23.6 Å². The van der Waals surface area contributed by atoms with Crippen LogP contribution in [0.25, 0.3) is 0 Å². The van der Waals surface area contributed by atoms with Gasteiger partial charge in [-0.3, -0.25) is 9.69 Å². The third-order valence-electron chi connectivity index (χ3n) is 4.73. The predicted octanol–water partition coefficient (Wildman–Crippen LogP) is 1.20. The van der Waals surface area contributed by atoms with Gasteiger partial charge >= 0.3 is 6.03 Å². The minimum atomic E-state index is -1.16. The Morgan fingerprint density at radius 3 is 2.67 bits per heavy atom. The van der Waals surface area contributed by atoms with E-state index in [4.69, 9.17) is 9.26 Å². The second-order valence-electron chi connectivity index (χ2n) is 6.67. The normalized spacial score (nSPS) is 20.7. The van der Waals surface area contributed by atoms with Crippen LogP contribution in [-0.2, 0) is 23.3 Å². The van der Waals surface area contributed by atoms with Crippen molar-refractivity contribution >= 4 is 11.9 Å². The molecule has 9 nitrogen and oxygen atoms in total. The van der Waals surface area contributed by atoms with Gasteiger partial charge in [-0.15, -0.1) is 0 Å². The first kappa shape index (κ1) is 18.8. The topological polar surface area (TPSA) is 110 Å². The molecule has 27 heavy (non-hydrogen) atoms. The molecule has 2 unspecified atom stereocenters. The molecule has 0 spiro atoms. The van der Waals surface area contributed by atoms with Gasteiger partial charge in [0.1, 0.15) is 17.8 Å². The van der Waals surface area contributed by atoms with Gasteiger partial charge in [0.15, 0.2) is 5.82 Å². The van der Waals surface area contributed by atoms with Crippen LogP contribution in [0.5, 0.6) is 5.75 Å². The van der Waals surface area contributed by atoms with Gasteiger partial charge in [0.25, 0.3) is 5.91 Å². The molecule has 2 N–H and O–H groups in total. The summed E-state index contributed by atoms with van der Waals surface area (Å²) in [7, 11) is 3.41. The van der Waals surface area contributed by atoms with E-state index in [0.717, 1.165) is 4.90 Å². The molecule has 1 saturated heterocycles. The lowest BCUT2D eigenvalue weighted by Crippen LogP contribution is -2.40. The Bertz CT molecular complexity index is 835. The van der Waals surface area contributed by atoms with E-state index in [1.165, 1.54) is 0 Å². The Morgan fingerprint density at radius 1 is 1.33 bits per heavy atom. The Labute approximate surface area is 157 Å². The lowest BCUT2D eigenvalue weighted by Gasteiger charge is -2.22. The lowest BCUT2D eigenvalue weighted by molar-refractivity contribution is -0.131. The van der Waals surface area contributed by atoms with Crippen LogP contribution >= 0.6 is 0 Å². The summed E-state index contributed by atoms with van der Waals surface area (Å²) < 4.78 is 10.3. The number of nitrogens with zero attached hydrogens (tertiary/aromatic N) is 3. The van der Waals surface area contributed by atoms with Gasteiger partial charge in [0, 0.05) is 12.5 Å². The van der Waals surface area contributed by atoms with E-state index in [-0.39, 0.29) is 24.4 Å². The molecule has 144 valence electrons. The number of methoxy groups -OCH3 is 1. The minimum Gasteiger partial charge on any atom is -0.497 e. The molecular weight excluding hydrogens is 350 g/mol. The van der Waals surface area contributed by atoms with Crippen molar-refractivity contribution in [3.8, 4) is 5.75 Å². The van der Waals surface area contributed by atoms with Crippen molar-refractivity contribution in [1.29, 1.82) is 0 Å². The first-order valence-corrected chi connectivity index (χ1v) is 8.64. The van der Waals surface area contributed by atoms with Gasteiger partial charge in [-0.25, -0.2) is 4.79 Å². The molecular formula is C18H23N5O4. The fourth-order valence-corrected chi connectivity index (χ4v) is 2.91. The molecule has 1 fully saturated rings. The van der Waals surface area contributed by atoms with E-state index in [9.17, 15) is 9.59 Å². The van der Waals surface area contributed by atoms with E-state index in [2.05, 4.69) is 20.8 Å². The number of carbonyl (C=O) groups is 2. The number of urea groups is 1. The molecule has 3 amide bonds. The Balaban J connectivity index is 1.75. The van der Waals surface area contributed by atoms with Crippen LogP contribution < -0.4 is 15.4 Å². The van der Waals surface area contributed by atoms with Crippen LogP contribution in [0.1, 0.15) is 31.1 Å². The van der Waals surface area contributed by atoms with Crippen LogP contribution in [0.4, 0.5) is 4.79 Å². The third kappa shape index (κ3) is 3.63. The monoisotopic (exact) mass is 373 g/mol. The molecule has 0 bridgehead atoms. The summed E-state index contributed by atoms with van der Waals surface area (Å²) >= 11 is 0. The van der Waals surface area contributed by atoms with E-state index in [1.807, 2.05) is 14.0 Å². The Kier molecular flexibility index (Phi) is 5.13. The molecule has 1 aromatic heterocycles. The maximum absolute atomic E-state index is 12.9. The zero-order chi connectivity index (χ0) is 19.6. The van der Waals surface area contributed by atoms with Crippen molar-refractivity contribution in [2.24, 2.45) is 0 Å². The SMILES string of the molecule is CNC(C)Cc1noc(CN2C(=O)NC(C)(c3ccc(OC)cc3)C2=O)n1. The zero-order valence-electron chi connectivity index (χ0n) is 15.8. The molecule has 0 aliphatic carbocycles. The number of benzene rings is 1. The summed E-state index contributed by atoms with van der Waals surface area (Å²) in [6.45, 7) is 3.59. The summed E-state index contributed by atoms with van der Waals surface area (Å²) in [5.74, 6) is 1.04. The van der Waals surface area contributed by atoms with Crippen LogP contribution in [0.15, 0.2) is 28.8 Å². The highest BCUT2D eigenvalue weighted by Crippen LogP contribution is 2.30. The van der Waals surface area contributed by atoms with Crippen molar-refractivity contribution in [2.45, 2.75) is 38.4 Å². The lowest BCUT2D eigenvalue weighted by atomic mass is 9.92.